The molecule has 0 aliphatic rings. The Morgan fingerprint density at radius 1 is 0.846 bits per heavy atom. The average Bonchev–Trinajstić information content (AvgIpc) is 2.60. The highest BCUT2D eigenvalue weighted by Crippen LogP contribution is 2.33. The van der Waals surface area contributed by atoms with Crippen LogP contribution in [0.5, 0.6) is 11.5 Å². The Kier molecular flexibility index (Phi) is 7.52. The topological polar surface area (TPSA) is 38.7 Å². The zero-order valence-corrected chi connectivity index (χ0v) is 16.6. The normalized spacial score (nSPS) is 14.8. The van der Waals surface area contributed by atoms with Crippen molar-refractivity contribution in [2.24, 2.45) is 0 Å². The molecule has 2 rings (SSSR count). The van der Waals surface area contributed by atoms with Gasteiger partial charge in [0.1, 0.15) is 11.5 Å². The number of hydrogen-bond donors (Lipinski definition) is 1. The summed E-state index contributed by atoms with van der Waals surface area (Å²) in [5.41, 5.74) is 2.60. The van der Waals surface area contributed by atoms with Crippen molar-refractivity contribution in [2.45, 2.75) is 71.7 Å². The van der Waals surface area contributed by atoms with Crippen LogP contribution in [0.1, 0.15) is 70.4 Å². The molecule has 3 atom stereocenters. The molecule has 0 spiro atoms. The van der Waals surface area contributed by atoms with Crippen molar-refractivity contribution in [1.29, 1.82) is 0 Å². The molecule has 0 fully saturated rings. The molecule has 0 saturated carbocycles. The Hall–Kier alpha value is -2.00. The number of aromatic hydroxyl groups is 1. The Morgan fingerprint density at radius 3 is 1.96 bits per heavy atom. The van der Waals surface area contributed by atoms with Crippen molar-refractivity contribution < 1.29 is 14.6 Å². The van der Waals surface area contributed by atoms with Crippen LogP contribution in [0.25, 0.3) is 0 Å². The van der Waals surface area contributed by atoms with Crippen molar-refractivity contribution in [1.82, 2.24) is 0 Å². The van der Waals surface area contributed by atoms with Gasteiger partial charge in [-0.25, -0.2) is 0 Å². The van der Waals surface area contributed by atoms with Crippen LogP contribution in [0.3, 0.4) is 0 Å². The quantitative estimate of drug-likeness (QED) is 0.541. The molecule has 1 N–H and O–H groups in total. The summed E-state index contributed by atoms with van der Waals surface area (Å²) < 4.78 is 11.4. The summed E-state index contributed by atoms with van der Waals surface area (Å²) in [6.45, 7) is 10.4. The number of phenols is 1. The van der Waals surface area contributed by atoms with Crippen LogP contribution in [0.15, 0.2) is 48.5 Å². The number of hydrogen-bond acceptors (Lipinski definition) is 3. The lowest BCUT2D eigenvalue weighted by Crippen LogP contribution is -2.20. The van der Waals surface area contributed by atoms with Gasteiger partial charge >= 0.3 is 0 Å². The van der Waals surface area contributed by atoms with Crippen molar-refractivity contribution in [2.75, 3.05) is 0 Å². The Balaban J connectivity index is 1.99. The van der Waals surface area contributed by atoms with E-state index < -0.39 is 0 Å². The molecule has 0 heterocycles. The van der Waals surface area contributed by atoms with Crippen LogP contribution in [0, 0.1) is 0 Å². The van der Waals surface area contributed by atoms with Crippen LogP contribution in [0.2, 0.25) is 0 Å². The molecular formula is C23H32O3. The summed E-state index contributed by atoms with van der Waals surface area (Å²) in [5.74, 6) is 2.09. The van der Waals surface area contributed by atoms with Crippen LogP contribution < -0.4 is 4.74 Å². The van der Waals surface area contributed by atoms with Gasteiger partial charge < -0.3 is 14.6 Å². The monoisotopic (exact) mass is 356 g/mol. The van der Waals surface area contributed by atoms with Crippen LogP contribution in [0.4, 0.5) is 0 Å². The van der Waals surface area contributed by atoms with Gasteiger partial charge in [0.15, 0.2) is 6.29 Å². The SMILES string of the molecule is CCC(CC(C)c1ccc(O)cc1)c1ccc(OC(C)OC(C)C)cc1. The minimum atomic E-state index is -0.252. The molecule has 3 nitrogen and oxygen atoms in total. The molecule has 2 aromatic carbocycles. The fourth-order valence-electron chi connectivity index (χ4n) is 3.33. The Morgan fingerprint density at radius 2 is 1.42 bits per heavy atom. The third-order valence-corrected chi connectivity index (χ3v) is 4.71. The van der Waals surface area contributed by atoms with Crippen LogP contribution >= 0.6 is 0 Å². The molecule has 0 bridgehead atoms. The summed E-state index contributed by atoms with van der Waals surface area (Å²) in [6, 6.07) is 15.9. The van der Waals surface area contributed by atoms with E-state index in [0.29, 0.717) is 17.6 Å². The third-order valence-electron chi connectivity index (χ3n) is 4.71. The second-order valence-electron chi connectivity index (χ2n) is 7.27. The zero-order chi connectivity index (χ0) is 19.1. The maximum absolute atomic E-state index is 9.46. The van der Waals surface area contributed by atoms with Gasteiger partial charge in [0.25, 0.3) is 0 Å². The molecular weight excluding hydrogens is 324 g/mol. The second-order valence-corrected chi connectivity index (χ2v) is 7.27. The van der Waals surface area contributed by atoms with E-state index in [2.05, 4.69) is 26.0 Å². The minimum Gasteiger partial charge on any atom is -0.508 e. The number of ether oxygens (including phenoxy) is 2. The number of benzene rings is 2. The fraction of sp³-hybridized carbons (Fsp3) is 0.478. The first-order valence-electron chi connectivity index (χ1n) is 9.60. The molecule has 26 heavy (non-hydrogen) atoms. The van der Waals surface area contributed by atoms with E-state index >= 15 is 0 Å². The summed E-state index contributed by atoms with van der Waals surface area (Å²) in [6.07, 6.45) is 2.07. The van der Waals surface area contributed by atoms with Crippen molar-refractivity contribution in [3.05, 3.63) is 59.7 Å². The molecule has 3 unspecified atom stereocenters. The molecule has 3 heteroatoms. The van der Waals surface area contributed by atoms with Crippen molar-refractivity contribution in [3.8, 4) is 11.5 Å². The summed E-state index contributed by atoms with van der Waals surface area (Å²) in [7, 11) is 0. The minimum absolute atomic E-state index is 0.148. The average molecular weight is 357 g/mol. The van der Waals surface area contributed by atoms with Crippen LogP contribution in [-0.2, 0) is 4.74 Å². The Bertz CT molecular complexity index is 646. The van der Waals surface area contributed by atoms with Gasteiger partial charge in [-0.05, 0) is 80.8 Å². The Labute approximate surface area is 158 Å². The molecule has 142 valence electrons. The molecule has 0 radical (unpaired) electrons. The predicted molar refractivity (Wildman–Crippen MR) is 107 cm³/mol. The number of phenolic OH excluding ortho intramolecular Hbond substituents is 1. The molecule has 0 saturated heterocycles. The van der Waals surface area contributed by atoms with E-state index in [1.54, 1.807) is 12.1 Å². The van der Waals surface area contributed by atoms with E-state index in [1.165, 1.54) is 11.1 Å². The van der Waals surface area contributed by atoms with Gasteiger partial charge in [-0.3, -0.25) is 0 Å². The maximum Gasteiger partial charge on any atom is 0.197 e. The summed E-state index contributed by atoms with van der Waals surface area (Å²) in [5, 5.41) is 9.46. The highest BCUT2D eigenvalue weighted by atomic mass is 16.7. The van der Waals surface area contributed by atoms with Gasteiger partial charge in [-0.1, -0.05) is 38.1 Å². The molecule has 0 aliphatic heterocycles. The third kappa shape index (κ3) is 6.06. The smallest absolute Gasteiger partial charge is 0.197 e. The molecule has 0 amide bonds. The van der Waals surface area contributed by atoms with Gasteiger partial charge in [0, 0.05) is 0 Å². The van der Waals surface area contributed by atoms with Gasteiger partial charge in [-0.15, -0.1) is 0 Å². The first-order valence-corrected chi connectivity index (χ1v) is 9.60. The zero-order valence-electron chi connectivity index (χ0n) is 16.6. The standard InChI is InChI=1S/C23H32O3/c1-6-19(15-17(4)20-7-11-22(24)12-8-20)21-9-13-23(14-10-21)26-18(5)25-16(2)3/h7-14,16-19,24H,6,15H2,1-5H3. The van der Waals surface area contributed by atoms with Gasteiger partial charge in [0.05, 0.1) is 6.10 Å². The first-order chi connectivity index (χ1) is 12.4. The lowest BCUT2D eigenvalue weighted by Gasteiger charge is -2.22. The van der Waals surface area contributed by atoms with Crippen LogP contribution in [-0.4, -0.2) is 17.5 Å². The lowest BCUT2D eigenvalue weighted by atomic mass is 9.84. The van der Waals surface area contributed by atoms with Gasteiger partial charge in [0.2, 0.25) is 0 Å². The van der Waals surface area contributed by atoms with E-state index in [4.69, 9.17) is 9.47 Å². The summed E-state index contributed by atoms with van der Waals surface area (Å²) >= 11 is 0. The first kappa shape index (κ1) is 20.3. The van der Waals surface area contributed by atoms with Gasteiger partial charge in [-0.2, -0.15) is 0 Å². The summed E-state index contributed by atoms with van der Waals surface area (Å²) in [4.78, 5) is 0. The molecule has 0 aromatic heterocycles. The van der Waals surface area contributed by atoms with E-state index in [-0.39, 0.29) is 12.4 Å². The van der Waals surface area contributed by atoms with Crippen molar-refractivity contribution in [3.63, 3.8) is 0 Å². The van der Waals surface area contributed by atoms with E-state index in [0.717, 1.165) is 18.6 Å². The maximum atomic E-state index is 9.46. The largest absolute Gasteiger partial charge is 0.508 e. The predicted octanol–water partition coefficient (Wildman–Crippen LogP) is 6.23. The van der Waals surface area contributed by atoms with Crippen molar-refractivity contribution >= 4 is 0 Å². The fourth-order valence-corrected chi connectivity index (χ4v) is 3.33. The highest BCUT2D eigenvalue weighted by Gasteiger charge is 2.16. The molecule has 2 aromatic rings. The highest BCUT2D eigenvalue weighted by molar-refractivity contribution is 5.31. The van der Waals surface area contributed by atoms with E-state index in [1.807, 2.05) is 45.0 Å². The molecule has 0 aliphatic carbocycles. The lowest BCUT2D eigenvalue weighted by molar-refractivity contribution is -0.0950. The van der Waals surface area contributed by atoms with E-state index in [9.17, 15) is 5.11 Å². The second kappa shape index (κ2) is 9.63. The number of rotatable bonds is 9.